The molecule has 1 N–H and O–H groups in total. The van der Waals surface area contributed by atoms with Crippen LogP contribution in [0.2, 0.25) is 0 Å². The molecule has 1 rings (SSSR count). The van der Waals surface area contributed by atoms with Gasteiger partial charge < -0.3 is 5.11 Å². The van der Waals surface area contributed by atoms with E-state index in [0.29, 0.717) is 12.8 Å². The van der Waals surface area contributed by atoms with Crippen molar-refractivity contribution in [2.75, 3.05) is 0 Å². The molecule has 14 heavy (non-hydrogen) atoms. The second-order valence-electron chi connectivity index (χ2n) is 4.28. The summed E-state index contributed by atoms with van der Waals surface area (Å²) in [5.74, 6) is -0.934. The van der Waals surface area contributed by atoms with Crippen LogP contribution in [-0.2, 0) is 9.59 Å². The molecule has 0 aromatic heterocycles. The second-order valence-corrected chi connectivity index (χ2v) is 4.28. The number of carboxylic acid groups (broad SMARTS) is 1. The summed E-state index contributed by atoms with van der Waals surface area (Å²) in [6, 6.07) is 0. The standard InChI is InChI=1S/C11H16O3/c1-7-4-5-9(12)8(2)11(7,3)6-10(13)14/h8H,1,4-6H2,2-3H3,(H,13,14)/t8?,11-/m1/s1. The highest BCUT2D eigenvalue weighted by Gasteiger charge is 2.42. The largest absolute Gasteiger partial charge is 0.481 e. The molecule has 3 nitrogen and oxygen atoms in total. The van der Waals surface area contributed by atoms with Gasteiger partial charge in [0.1, 0.15) is 5.78 Å². The minimum atomic E-state index is -0.866. The predicted octanol–water partition coefficient (Wildman–Crippen LogP) is 2.02. The van der Waals surface area contributed by atoms with Gasteiger partial charge >= 0.3 is 5.97 Å². The van der Waals surface area contributed by atoms with Crippen LogP contribution in [0, 0.1) is 11.3 Å². The Labute approximate surface area is 83.8 Å². The molecule has 0 aromatic carbocycles. The van der Waals surface area contributed by atoms with Crippen LogP contribution in [0.1, 0.15) is 33.1 Å². The molecule has 0 amide bonds. The van der Waals surface area contributed by atoms with Crippen molar-refractivity contribution in [2.45, 2.75) is 33.1 Å². The molecule has 3 heteroatoms. The fraction of sp³-hybridized carbons (Fsp3) is 0.636. The highest BCUT2D eigenvalue weighted by atomic mass is 16.4. The first kappa shape index (κ1) is 11.0. The summed E-state index contributed by atoms with van der Waals surface area (Å²) >= 11 is 0. The van der Waals surface area contributed by atoms with E-state index >= 15 is 0 Å². The average Bonchev–Trinajstić information content (AvgIpc) is 2.08. The van der Waals surface area contributed by atoms with E-state index in [0.717, 1.165) is 5.57 Å². The van der Waals surface area contributed by atoms with Crippen LogP contribution in [0.25, 0.3) is 0 Å². The molecule has 2 atom stereocenters. The van der Waals surface area contributed by atoms with Gasteiger partial charge in [-0.1, -0.05) is 26.0 Å². The van der Waals surface area contributed by atoms with Crippen molar-refractivity contribution in [3.63, 3.8) is 0 Å². The first-order chi connectivity index (χ1) is 6.38. The van der Waals surface area contributed by atoms with Crippen molar-refractivity contribution in [3.8, 4) is 0 Å². The van der Waals surface area contributed by atoms with Crippen LogP contribution in [0.15, 0.2) is 12.2 Å². The maximum atomic E-state index is 11.5. The Kier molecular flexibility index (Phi) is 2.79. The molecule has 78 valence electrons. The van der Waals surface area contributed by atoms with Gasteiger partial charge in [-0.25, -0.2) is 0 Å². The molecule has 1 saturated carbocycles. The molecule has 1 aliphatic rings. The lowest BCUT2D eigenvalue weighted by Crippen LogP contribution is -2.38. The zero-order valence-corrected chi connectivity index (χ0v) is 8.67. The van der Waals surface area contributed by atoms with Crippen molar-refractivity contribution in [2.24, 2.45) is 11.3 Å². The molecule has 0 bridgehead atoms. The first-order valence-electron chi connectivity index (χ1n) is 4.80. The number of ketones is 1. The van der Waals surface area contributed by atoms with Crippen molar-refractivity contribution >= 4 is 11.8 Å². The van der Waals surface area contributed by atoms with E-state index in [4.69, 9.17) is 5.11 Å². The predicted molar refractivity (Wildman–Crippen MR) is 52.9 cm³/mol. The van der Waals surface area contributed by atoms with Gasteiger partial charge in [-0.15, -0.1) is 0 Å². The number of allylic oxidation sites excluding steroid dienone is 1. The van der Waals surface area contributed by atoms with Gasteiger partial charge in [-0.05, 0) is 6.42 Å². The van der Waals surface area contributed by atoms with Gasteiger partial charge in [-0.2, -0.15) is 0 Å². The number of rotatable bonds is 2. The molecule has 0 saturated heterocycles. The third-order valence-electron chi connectivity index (χ3n) is 3.44. The van der Waals surface area contributed by atoms with Gasteiger partial charge in [0.2, 0.25) is 0 Å². The summed E-state index contributed by atoms with van der Waals surface area (Å²) in [4.78, 5) is 22.2. The lowest BCUT2D eigenvalue weighted by molar-refractivity contribution is -0.141. The van der Waals surface area contributed by atoms with E-state index in [2.05, 4.69) is 6.58 Å². The van der Waals surface area contributed by atoms with Crippen molar-refractivity contribution in [1.82, 2.24) is 0 Å². The van der Waals surface area contributed by atoms with Gasteiger partial charge in [0, 0.05) is 17.8 Å². The number of carbonyl (C=O) groups excluding carboxylic acids is 1. The molecule has 1 aliphatic carbocycles. The van der Waals surface area contributed by atoms with Crippen molar-refractivity contribution in [1.29, 1.82) is 0 Å². The van der Waals surface area contributed by atoms with Gasteiger partial charge in [0.15, 0.2) is 0 Å². The highest BCUT2D eigenvalue weighted by molar-refractivity contribution is 5.84. The van der Waals surface area contributed by atoms with Crippen molar-refractivity contribution in [3.05, 3.63) is 12.2 Å². The summed E-state index contributed by atoms with van der Waals surface area (Å²) in [6.07, 6.45) is 1.14. The molecular weight excluding hydrogens is 180 g/mol. The van der Waals surface area contributed by atoms with E-state index < -0.39 is 11.4 Å². The minimum Gasteiger partial charge on any atom is -0.481 e. The maximum absolute atomic E-state index is 11.5. The molecule has 0 heterocycles. The molecular formula is C11H16O3. The molecule has 0 spiro atoms. The summed E-state index contributed by atoms with van der Waals surface area (Å²) in [5, 5.41) is 8.80. The summed E-state index contributed by atoms with van der Waals surface area (Å²) in [7, 11) is 0. The Morgan fingerprint density at radius 2 is 2.21 bits per heavy atom. The molecule has 0 aromatic rings. The maximum Gasteiger partial charge on any atom is 0.304 e. The van der Waals surface area contributed by atoms with Crippen LogP contribution in [-0.4, -0.2) is 16.9 Å². The van der Waals surface area contributed by atoms with E-state index in [-0.39, 0.29) is 18.1 Å². The van der Waals surface area contributed by atoms with Crippen LogP contribution < -0.4 is 0 Å². The Balaban J connectivity index is 2.95. The Morgan fingerprint density at radius 1 is 1.64 bits per heavy atom. The summed E-state index contributed by atoms with van der Waals surface area (Å²) in [5.41, 5.74) is 0.341. The number of carbonyl (C=O) groups is 2. The normalized spacial score (nSPS) is 33.1. The molecule has 1 unspecified atom stereocenters. The van der Waals surface area contributed by atoms with Crippen molar-refractivity contribution < 1.29 is 14.7 Å². The number of aliphatic carboxylic acids is 1. The third kappa shape index (κ3) is 1.72. The minimum absolute atomic E-state index is 0.00125. The van der Waals surface area contributed by atoms with Crippen LogP contribution in [0.4, 0.5) is 0 Å². The van der Waals surface area contributed by atoms with E-state index in [9.17, 15) is 9.59 Å². The lowest BCUT2D eigenvalue weighted by atomic mass is 9.63. The summed E-state index contributed by atoms with van der Waals surface area (Å²) < 4.78 is 0. The van der Waals surface area contributed by atoms with Gasteiger partial charge in [-0.3, -0.25) is 9.59 Å². The van der Waals surface area contributed by atoms with Crippen LogP contribution in [0.5, 0.6) is 0 Å². The smallest absolute Gasteiger partial charge is 0.304 e. The zero-order chi connectivity index (χ0) is 10.9. The topological polar surface area (TPSA) is 54.4 Å². The average molecular weight is 196 g/mol. The zero-order valence-electron chi connectivity index (χ0n) is 8.67. The Morgan fingerprint density at radius 3 is 2.71 bits per heavy atom. The van der Waals surface area contributed by atoms with Gasteiger partial charge in [0.25, 0.3) is 0 Å². The fourth-order valence-corrected chi connectivity index (χ4v) is 2.03. The molecule has 0 aliphatic heterocycles. The summed E-state index contributed by atoms with van der Waals surface area (Å²) in [6.45, 7) is 7.52. The van der Waals surface area contributed by atoms with Gasteiger partial charge in [0.05, 0.1) is 6.42 Å². The first-order valence-corrected chi connectivity index (χ1v) is 4.80. The Hall–Kier alpha value is -1.12. The lowest BCUT2D eigenvalue weighted by Gasteiger charge is -2.39. The number of carboxylic acids is 1. The number of hydrogen-bond acceptors (Lipinski definition) is 2. The van der Waals surface area contributed by atoms with Crippen LogP contribution in [0.3, 0.4) is 0 Å². The van der Waals surface area contributed by atoms with E-state index in [1.807, 2.05) is 6.92 Å². The number of Topliss-reactive ketones (excluding diaryl/α,β-unsaturated/α-hetero) is 1. The van der Waals surface area contributed by atoms with E-state index in [1.165, 1.54) is 0 Å². The van der Waals surface area contributed by atoms with E-state index in [1.54, 1.807) is 6.92 Å². The second kappa shape index (κ2) is 3.56. The SMILES string of the molecule is C=C1CCC(=O)C(C)[C@]1(C)CC(=O)O. The highest BCUT2D eigenvalue weighted by Crippen LogP contribution is 2.44. The molecule has 1 fully saturated rings. The van der Waals surface area contributed by atoms with Crippen LogP contribution >= 0.6 is 0 Å². The Bertz CT molecular complexity index is 293. The fourth-order valence-electron chi connectivity index (χ4n) is 2.03. The number of hydrogen-bond donors (Lipinski definition) is 1. The third-order valence-corrected chi connectivity index (χ3v) is 3.44. The monoisotopic (exact) mass is 196 g/mol. The quantitative estimate of drug-likeness (QED) is 0.687. The molecule has 0 radical (unpaired) electrons.